The van der Waals surface area contributed by atoms with Crippen LogP contribution in [0.25, 0.3) is 11.0 Å². The van der Waals surface area contributed by atoms with Gasteiger partial charge in [-0.25, -0.2) is 17.7 Å². The van der Waals surface area contributed by atoms with Crippen molar-refractivity contribution in [1.82, 2.24) is 18.8 Å². The molecule has 29 heavy (non-hydrogen) atoms. The van der Waals surface area contributed by atoms with Gasteiger partial charge in [0.15, 0.2) is 0 Å². The van der Waals surface area contributed by atoms with Gasteiger partial charge in [-0.3, -0.25) is 4.79 Å². The number of hydrogen-bond donors (Lipinski definition) is 0. The van der Waals surface area contributed by atoms with Crippen molar-refractivity contribution in [3.8, 4) is 0 Å². The molecule has 1 aromatic heterocycles. The fourth-order valence-electron chi connectivity index (χ4n) is 3.74. The van der Waals surface area contributed by atoms with Crippen LogP contribution in [0.2, 0.25) is 0 Å². The lowest BCUT2D eigenvalue weighted by atomic mass is 10.1. The van der Waals surface area contributed by atoms with E-state index in [1.165, 1.54) is 18.4 Å². The maximum Gasteiger partial charge on any atom is 0.242 e. The number of fused-ring (bicyclic) bond motifs is 1. The molecular formula is C20H30N4O4S. The van der Waals surface area contributed by atoms with Crippen LogP contribution >= 0.6 is 0 Å². The van der Waals surface area contributed by atoms with E-state index in [0.717, 1.165) is 30.7 Å². The number of imidazole rings is 1. The fourth-order valence-corrected chi connectivity index (χ4v) is 4.66. The zero-order valence-electron chi connectivity index (χ0n) is 17.6. The third kappa shape index (κ3) is 4.62. The molecule has 0 N–H and O–H groups in total. The third-order valence-corrected chi connectivity index (χ3v) is 7.23. The summed E-state index contributed by atoms with van der Waals surface area (Å²) in [7, 11) is 1.39. The van der Waals surface area contributed by atoms with Gasteiger partial charge in [-0.15, -0.1) is 0 Å². The minimum Gasteiger partial charge on any atom is -0.377 e. The van der Waals surface area contributed by atoms with Gasteiger partial charge in [-0.1, -0.05) is 0 Å². The highest BCUT2D eigenvalue weighted by Gasteiger charge is 2.24. The predicted octanol–water partition coefficient (Wildman–Crippen LogP) is 1.78. The molecule has 160 valence electrons. The Hall–Kier alpha value is -1.97. The van der Waals surface area contributed by atoms with Crippen LogP contribution < -0.4 is 0 Å². The molecule has 0 bridgehead atoms. The first-order chi connectivity index (χ1) is 13.7. The molecule has 0 aliphatic carbocycles. The maximum absolute atomic E-state index is 12.7. The largest absolute Gasteiger partial charge is 0.377 e. The van der Waals surface area contributed by atoms with Gasteiger partial charge in [0.2, 0.25) is 15.9 Å². The topological polar surface area (TPSA) is 84.7 Å². The number of ether oxygens (including phenoxy) is 1. The first kappa shape index (κ1) is 21.7. The summed E-state index contributed by atoms with van der Waals surface area (Å²) in [6.45, 7) is 4.07. The molecule has 1 amide bonds. The molecule has 1 fully saturated rings. The molecule has 9 heteroatoms. The zero-order chi connectivity index (χ0) is 21.2. The van der Waals surface area contributed by atoms with Crippen LogP contribution in [-0.2, 0) is 33.0 Å². The van der Waals surface area contributed by atoms with E-state index in [1.54, 1.807) is 18.2 Å². The number of carbonyl (C=O) groups is 1. The van der Waals surface area contributed by atoms with Crippen LogP contribution in [0.4, 0.5) is 0 Å². The standard InChI is InChI=1S/C20H30N4O4S/c1-5-28-15-7-6-12-24(14-15)20(25)11-10-19-21-17-13-16(29(26,27)22(2)3)8-9-18(17)23(19)4/h8-9,13,15H,5-7,10-12,14H2,1-4H3. The smallest absolute Gasteiger partial charge is 0.242 e. The number of hydrogen-bond acceptors (Lipinski definition) is 5. The number of likely N-dealkylation sites (tertiary alicyclic amines) is 1. The molecule has 1 atom stereocenters. The Bertz CT molecular complexity index is 982. The quantitative estimate of drug-likeness (QED) is 0.679. The second-order valence-electron chi connectivity index (χ2n) is 7.58. The van der Waals surface area contributed by atoms with E-state index in [4.69, 9.17) is 4.74 Å². The van der Waals surface area contributed by atoms with Crippen LogP contribution in [0, 0.1) is 0 Å². The van der Waals surface area contributed by atoms with Crippen molar-refractivity contribution >= 4 is 27.0 Å². The summed E-state index contributed by atoms with van der Waals surface area (Å²) >= 11 is 0. The van der Waals surface area contributed by atoms with E-state index >= 15 is 0 Å². The van der Waals surface area contributed by atoms with Gasteiger partial charge in [0.1, 0.15) is 5.82 Å². The van der Waals surface area contributed by atoms with E-state index in [9.17, 15) is 13.2 Å². The number of amides is 1. The Morgan fingerprint density at radius 1 is 1.34 bits per heavy atom. The lowest BCUT2D eigenvalue weighted by Crippen LogP contribution is -2.43. The SMILES string of the molecule is CCOC1CCCN(C(=O)CCc2nc3cc(S(=O)(=O)N(C)C)ccc3n2C)C1. The van der Waals surface area contributed by atoms with Gasteiger partial charge in [0, 0.05) is 53.7 Å². The molecule has 1 saturated heterocycles. The van der Waals surface area contributed by atoms with E-state index in [2.05, 4.69) is 4.98 Å². The van der Waals surface area contributed by atoms with Gasteiger partial charge < -0.3 is 14.2 Å². The van der Waals surface area contributed by atoms with Crippen molar-refractivity contribution in [3.63, 3.8) is 0 Å². The van der Waals surface area contributed by atoms with Crippen LogP contribution in [0.5, 0.6) is 0 Å². The van der Waals surface area contributed by atoms with E-state index in [-0.39, 0.29) is 16.9 Å². The van der Waals surface area contributed by atoms with Crippen molar-refractivity contribution in [3.05, 3.63) is 24.0 Å². The van der Waals surface area contributed by atoms with Gasteiger partial charge in [0.25, 0.3) is 0 Å². The molecule has 1 aliphatic heterocycles. The van der Waals surface area contributed by atoms with Gasteiger partial charge >= 0.3 is 0 Å². The number of sulfonamides is 1. The third-order valence-electron chi connectivity index (χ3n) is 5.42. The Morgan fingerprint density at radius 2 is 2.10 bits per heavy atom. The van der Waals surface area contributed by atoms with E-state index in [1.807, 2.05) is 23.4 Å². The summed E-state index contributed by atoms with van der Waals surface area (Å²) in [5, 5.41) is 0. The number of nitrogens with zero attached hydrogens (tertiary/aromatic N) is 4. The minimum absolute atomic E-state index is 0.109. The van der Waals surface area contributed by atoms with Crippen molar-refractivity contribution in [2.24, 2.45) is 7.05 Å². The number of aromatic nitrogens is 2. The molecule has 3 rings (SSSR count). The van der Waals surface area contributed by atoms with Gasteiger partial charge in [-0.2, -0.15) is 0 Å². The molecule has 8 nitrogen and oxygen atoms in total. The number of aryl methyl sites for hydroxylation is 2. The normalized spacial score (nSPS) is 18.0. The summed E-state index contributed by atoms with van der Waals surface area (Å²) in [6.07, 6.45) is 2.98. The number of rotatable bonds is 7. The van der Waals surface area contributed by atoms with Crippen LogP contribution in [0.3, 0.4) is 0 Å². The highest BCUT2D eigenvalue weighted by atomic mass is 32.2. The summed E-state index contributed by atoms with van der Waals surface area (Å²) in [5.74, 6) is 0.878. The first-order valence-corrected chi connectivity index (χ1v) is 11.4. The monoisotopic (exact) mass is 422 g/mol. The highest BCUT2D eigenvalue weighted by Crippen LogP contribution is 2.22. The molecule has 2 heterocycles. The molecule has 0 spiro atoms. The van der Waals surface area contributed by atoms with Crippen molar-refractivity contribution in [2.45, 2.75) is 43.6 Å². The number of benzene rings is 1. The number of piperidine rings is 1. The molecule has 1 aromatic carbocycles. The molecule has 0 saturated carbocycles. The van der Waals surface area contributed by atoms with E-state index in [0.29, 0.717) is 31.5 Å². The Morgan fingerprint density at radius 3 is 2.79 bits per heavy atom. The summed E-state index contributed by atoms with van der Waals surface area (Å²) < 4.78 is 33.5. The average Bonchev–Trinajstić information content (AvgIpc) is 3.01. The van der Waals surface area contributed by atoms with Crippen molar-refractivity contribution in [1.29, 1.82) is 0 Å². The van der Waals surface area contributed by atoms with Crippen molar-refractivity contribution < 1.29 is 17.9 Å². The Balaban J connectivity index is 1.72. The van der Waals surface area contributed by atoms with Crippen LogP contribution in [0.15, 0.2) is 23.1 Å². The highest BCUT2D eigenvalue weighted by molar-refractivity contribution is 7.89. The first-order valence-electron chi connectivity index (χ1n) is 10.0. The van der Waals surface area contributed by atoms with Crippen LogP contribution in [-0.4, -0.2) is 73.0 Å². The Kier molecular flexibility index (Phi) is 6.60. The summed E-state index contributed by atoms with van der Waals surface area (Å²) in [4.78, 5) is 19.3. The molecule has 0 radical (unpaired) electrons. The molecular weight excluding hydrogens is 392 g/mol. The zero-order valence-corrected chi connectivity index (χ0v) is 18.4. The molecule has 2 aromatic rings. The average molecular weight is 423 g/mol. The fraction of sp³-hybridized carbons (Fsp3) is 0.600. The minimum atomic E-state index is -3.51. The molecule has 1 unspecified atom stereocenters. The lowest BCUT2D eigenvalue weighted by Gasteiger charge is -2.32. The van der Waals surface area contributed by atoms with Gasteiger partial charge in [0.05, 0.1) is 22.0 Å². The van der Waals surface area contributed by atoms with E-state index < -0.39 is 10.0 Å². The second kappa shape index (κ2) is 8.81. The maximum atomic E-state index is 12.7. The predicted molar refractivity (Wildman–Crippen MR) is 111 cm³/mol. The van der Waals surface area contributed by atoms with Gasteiger partial charge in [-0.05, 0) is 38.0 Å². The number of carbonyl (C=O) groups excluding carboxylic acids is 1. The van der Waals surface area contributed by atoms with Crippen LogP contribution in [0.1, 0.15) is 32.0 Å². The summed E-state index contributed by atoms with van der Waals surface area (Å²) in [5.41, 5.74) is 1.46. The second-order valence-corrected chi connectivity index (χ2v) is 9.74. The van der Waals surface area contributed by atoms with Crippen molar-refractivity contribution in [2.75, 3.05) is 33.8 Å². The lowest BCUT2D eigenvalue weighted by molar-refractivity contribution is -0.135. The summed E-state index contributed by atoms with van der Waals surface area (Å²) in [6, 6.07) is 4.95. The molecule has 1 aliphatic rings. The Labute approximate surface area is 172 Å².